The fourth-order valence-corrected chi connectivity index (χ4v) is 3.00. The van der Waals surface area contributed by atoms with E-state index >= 15 is 0 Å². The largest absolute Gasteiger partial charge is 0.338 e. The topological polar surface area (TPSA) is 23.6 Å². The van der Waals surface area contributed by atoms with Crippen LogP contribution in [0.1, 0.15) is 37.8 Å². The highest BCUT2D eigenvalue weighted by Crippen LogP contribution is 2.27. The first kappa shape index (κ1) is 14.1. The molecule has 0 aromatic heterocycles. The normalized spacial score (nSPS) is 20.8. The highest BCUT2D eigenvalue weighted by atomic mass is 16.2. The molecular weight excluding hydrogens is 236 g/mol. The number of carbonyl (C=O) groups excluding carboxylic acids is 1. The number of rotatable bonds is 4. The lowest BCUT2D eigenvalue weighted by atomic mass is 10.0. The van der Waals surface area contributed by atoms with Gasteiger partial charge in [0.2, 0.25) is 5.91 Å². The number of carbonyl (C=O) groups is 1. The molecule has 0 spiro atoms. The standard InChI is InChI=1S/C16H24N2O/c1-4-14-11-8-12-18(14)16(19)15(17(2)3)13-9-6-5-7-10-13/h5-7,9-10,14-15H,4,8,11-12H2,1-3H3. The molecule has 1 aliphatic heterocycles. The van der Waals surface area contributed by atoms with Crippen LogP contribution in [0.3, 0.4) is 0 Å². The summed E-state index contributed by atoms with van der Waals surface area (Å²) in [6, 6.07) is 10.3. The van der Waals surface area contributed by atoms with E-state index in [2.05, 4.69) is 11.8 Å². The smallest absolute Gasteiger partial charge is 0.244 e. The lowest BCUT2D eigenvalue weighted by molar-refractivity contribution is -0.137. The van der Waals surface area contributed by atoms with E-state index in [-0.39, 0.29) is 11.9 Å². The maximum absolute atomic E-state index is 12.8. The fraction of sp³-hybridized carbons (Fsp3) is 0.562. The van der Waals surface area contributed by atoms with E-state index in [1.807, 2.05) is 49.3 Å². The van der Waals surface area contributed by atoms with Gasteiger partial charge in [-0.25, -0.2) is 0 Å². The van der Waals surface area contributed by atoms with Crippen molar-refractivity contribution in [3.8, 4) is 0 Å². The molecule has 0 radical (unpaired) electrons. The van der Waals surface area contributed by atoms with Crippen LogP contribution in [0, 0.1) is 0 Å². The predicted molar refractivity (Wildman–Crippen MR) is 77.9 cm³/mol. The van der Waals surface area contributed by atoms with Crippen LogP contribution in [0.2, 0.25) is 0 Å². The monoisotopic (exact) mass is 260 g/mol. The summed E-state index contributed by atoms with van der Waals surface area (Å²) in [4.78, 5) is 16.9. The minimum atomic E-state index is -0.159. The molecule has 0 N–H and O–H groups in total. The minimum Gasteiger partial charge on any atom is -0.338 e. The number of nitrogens with zero attached hydrogens (tertiary/aromatic N) is 2. The number of likely N-dealkylation sites (N-methyl/N-ethyl adjacent to an activating group) is 1. The summed E-state index contributed by atoms with van der Waals surface area (Å²) < 4.78 is 0. The van der Waals surface area contributed by atoms with Gasteiger partial charge in [0.1, 0.15) is 6.04 Å². The van der Waals surface area contributed by atoms with Crippen molar-refractivity contribution in [2.45, 2.75) is 38.3 Å². The second-order valence-corrected chi connectivity index (χ2v) is 5.51. The quantitative estimate of drug-likeness (QED) is 0.831. The zero-order valence-corrected chi connectivity index (χ0v) is 12.2. The molecule has 19 heavy (non-hydrogen) atoms. The summed E-state index contributed by atoms with van der Waals surface area (Å²) in [5, 5.41) is 0. The third-order valence-electron chi connectivity index (χ3n) is 4.00. The number of hydrogen-bond acceptors (Lipinski definition) is 2. The van der Waals surface area contributed by atoms with Gasteiger partial charge in [-0.3, -0.25) is 9.69 Å². The maximum atomic E-state index is 12.8. The molecule has 1 fully saturated rings. The molecule has 1 aliphatic rings. The molecule has 2 rings (SSSR count). The van der Waals surface area contributed by atoms with Crippen LogP contribution in [-0.2, 0) is 4.79 Å². The highest BCUT2D eigenvalue weighted by molar-refractivity contribution is 5.83. The Morgan fingerprint density at radius 3 is 2.63 bits per heavy atom. The van der Waals surface area contributed by atoms with Crippen LogP contribution in [0.4, 0.5) is 0 Å². The van der Waals surface area contributed by atoms with Gasteiger partial charge in [-0.05, 0) is 38.9 Å². The van der Waals surface area contributed by atoms with E-state index in [4.69, 9.17) is 0 Å². The Bertz CT molecular complexity index is 416. The van der Waals surface area contributed by atoms with E-state index in [1.54, 1.807) is 0 Å². The molecule has 0 aliphatic carbocycles. The van der Waals surface area contributed by atoms with Crippen LogP contribution < -0.4 is 0 Å². The first-order valence-corrected chi connectivity index (χ1v) is 7.17. The van der Waals surface area contributed by atoms with Crippen molar-refractivity contribution in [1.29, 1.82) is 0 Å². The van der Waals surface area contributed by atoms with Crippen molar-refractivity contribution in [3.05, 3.63) is 35.9 Å². The van der Waals surface area contributed by atoms with Gasteiger partial charge in [0.05, 0.1) is 0 Å². The Balaban J connectivity index is 2.22. The lowest BCUT2D eigenvalue weighted by Gasteiger charge is -2.31. The van der Waals surface area contributed by atoms with Crippen molar-refractivity contribution >= 4 is 5.91 Å². The number of likely N-dealkylation sites (tertiary alicyclic amines) is 1. The third-order valence-corrected chi connectivity index (χ3v) is 4.00. The second kappa shape index (κ2) is 6.20. The fourth-order valence-electron chi connectivity index (χ4n) is 3.00. The van der Waals surface area contributed by atoms with Gasteiger partial charge in [-0.2, -0.15) is 0 Å². The zero-order valence-electron chi connectivity index (χ0n) is 12.2. The minimum absolute atomic E-state index is 0.159. The predicted octanol–water partition coefficient (Wildman–Crippen LogP) is 2.69. The van der Waals surface area contributed by atoms with Gasteiger partial charge in [-0.15, -0.1) is 0 Å². The van der Waals surface area contributed by atoms with E-state index in [1.165, 1.54) is 0 Å². The average Bonchev–Trinajstić information content (AvgIpc) is 2.88. The van der Waals surface area contributed by atoms with E-state index in [0.717, 1.165) is 31.4 Å². The molecule has 1 aromatic carbocycles. The molecule has 1 aromatic rings. The first-order chi connectivity index (χ1) is 9.15. The lowest BCUT2D eigenvalue weighted by Crippen LogP contribution is -2.42. The molecule has 3 heteroatoms. The van der Waals surface area contributed by atoms with Crippen molar-refractivity contribution in [3.63, 3.8) is 0 Å². The summed E-state index contributed by atoms with van der Waals surface area (Å²) in [5.74, 6) is 0.251. The molecule has 0 bridgehead atoms. The van der Waals surface area contributed by atoms with Crippen LogP contribution in [0.25, 0.3) is 0 Å². The van der Waals surface area contributed by atoms with Crippen LogP contribution in [0.15, 0.2) is 30.3 Å². The van der Waals surface area contributed by atoms with E-state index < -0.39 is 0 Å². The van der Waals surface area contributed by atoms with Crippen LogP contribution in [0.5, 0.6) is 0 Å². The molecule has 1 heterocycles. The maximum Gasteiger partial charge on any atom is 0.244 e. The number of hydrogen-bond donors (Lipinski definition) is 0. The van der Waals surface area contributed by atoms with Gasteiger partial charge in [0.25, 0.3) is 0 Å². The molecule has 1 amide bonds. The van der Waals surface area contributed by atoms with Crippen LogP contribution >= 0.6 is 0 Å². The molecule has 2 atom stereocenters. The molecule has 3 nitrogen and oxygen atoms in total. The summed E-state index contributed by atoms with van der Waals surface area (Å²) in [7, 11) is 3.96. The summed E-state index contributed by atoms with van der Waals surface area (Å²) in [6.07, 6.45) is 3.34. The number of amides is 1. The Hall–Kier alpha value is -1.35. The van der Waals surface area contributed by atoms with Gasteiger partial charge >= 0.3 is 0 Å². The first-order valence-electron chi connectivity index (χ1n) is 7.17. The average molecular weight is 260 g/mol. The Morgan fingerprint density at radius 1 is 1.37 bits per heavy atom. The Kier molecular flexibility index (Phi) is 4.59. The van der Waals surface area contributed by atoms with Crippen LogP contribution in [-0.4, -0.2) is 42.4 Å². The highest BCUT2D eigenvalue weighted by Gasteiger charge is 2.33. The van der Waals surface area contributed by atoms with Gasteiger partial charge in [0.15, 0.2) is 0 Å². The molecule has 0 saturated carbocycles. The molecular formula is C16H24N2O. The summed E-state index contributed by atoms with van der Waals surface area (Å²) in [6.45, 7) is 3.08. The van der Waals surface area contributed by atoms with Gasteiger partial charge < -0.3 is 4.90 Å². The Labute approximate surface area is 116 Å². The summed E-state index contributed by atoms with van der Waals surface area (Å²) >= 11 is 0. The zero-order chi connectivity index (χ0) is 13.8. The third kappa shape index (κ3) is 2.98. The van der Waals surface area contributed by atoms with Crippen molar-refractivity contribution in [2.24, 2.45) is 0 Å². The van der Waals surface area contributed by atoms with Gasteiger partial charge in [-0.1, -0.05) is 37.3 Å². The van der Waals surface area contributed by atoms with Gasteiger partial charge in [0, 0.05) is 12.6 Å². The SMILES string of the molecule is CCC1CCCN1C(=O)C(c1ccccc1)N(C)C. The van der Waals surface area contributed by atoms with E-state index in [9.17, 15) is 4.79 Å². The summed E-state index contributed by atoms with van der Waals surface area (Å²) in [5.41, 5.74) is 1.08. The molecule has 1 saturated heterocycles. The molecule has 2 unspecified atom stereocenters. The van der Waals surface area contributed by atoms with Crippen molar-refractivity contribution < 1.29 is 4.79 Å². The molecule has 104 valence electrons. The second-order valence-electron chi connectivity index (χ2n) is 5.51. The number of benzene rings is 1. The van der Waals surface area contributed by atoms with E-state index in [0.29, 0.717) is 6.04 Å². The van der Waals surface area contributed by atoms with Crippen molar-refractivity contribution in [2.75, 3.05) is 20.6 Å². The van der Waals surface area contributed by atoms with Crippen molar-refractivity contribution in [1.82, 2.24) is 9.80 Å². The Morgan fingerprint density at radius 2 is 2.05 bits per heavy atom.